The second kappa shape index (κ2) is 5.93. The summed E-state index contributed by atoms with van der Waals surface area (Å²) in [5, 5.41) is 0. The monoisotopic (exact) mass is 325 g/mol. The highest BCUT2D eigenvalue weighted by molar-refractivity contribution is 9.10. The molecule has 2 aromatic carbocycles. The maximum Gasteiger partial charge on any atom is 0.146 e. The number of rotatable bonds is 4. The van der Waals surface area contributed by atoms with Gasteiger partial charge in [-0.3, -0.25) is 0 Å². The summed E-state index contributed by atoms with van der Waals surface area (Å²) in [4.78, 5) is 0. The Morgan fingerprint density at radius 1 is 1.21 bits per heavy atom. The van der Waals surface area contributed by atoms with Gasteiger partial charge in [0.05, 0.1) is 17.3 Å². The topological polar surface area (TPSA) is 44.5 Å². The summed E-state index contributed by atoms with van der Waals surface area (Å²) >= 11 is 3.39. The van der Waals surface area contributed by atoms with Crippen LogP contribution in [-0.4, -0.2) is 7.11 Å². The lowest BCUT2D eigenvalue weighted by Crippen LogP contribution is -1.98. The largest absolute Gasteiger partial charge is 0.497 e. The van der Waals surface area contributed by atoms with Gasteiger partial charge in [0, 0.05) is 0 Å². The minimum absolute atomic E-state index is 0.134. The first kappa shape index (κ1) is 13.7. The Morgan fingerprint density at radius 3 is 2.63 bits per heavy atom. The lowest BCUT2D eigenvalue weighted by molar-refractivity contribution is 0.303. The number of nitrogens with two attached hydrogens (primary N) is 1. The van der Waals surface area contributed by atoms with Crippen LogP contribution in [0.5, 0.6) is 11.5 Å². The van der Waals surface area contributed by atoms with Crippen LogP contribution >= 0.6 is 15.9 Å². The second-order valence-electron chi connectivity index (χ2n) is 3.94. The molecule has 19 heavy (non-hydrogen) atoms. The third-order valence-electron chi connectivity index (χ3n) is 2.60. The standard InChI is InChI=1S/C14H13BrFNO2/c1-18-10-3-5-14(11(15)7-10)19-8-9-2-4-13(17)12(16)6-9/h2-7H,8,17H2,1H3. The third kappa shape index (κ3) is 3.38. The minimum atomic E-state index is -0.435. The maximum absolute atomic E-state index is 13.3. The van der Waals surface area contributed by atoms with Crippen LogP contribution in [0.1, 0.15) is 5.56 Å². The van der Waals surface area contributed by atoms with Gasteiger partial charge in [0.2, 0.25) is 0 Å². The van der Waals surface area contributed by atoms with E-state index in [2.05, 4.69) is 15.9 Å². The Balaban J connectivity index is 2.07. The molecule has 0 spiro atoms. The van der Waals surface area contributed by atoms with E-state index in [1.165, 1.54) is 12.1 Å². The van der Waals surface area contributed by atoms with E-state index in [1.807, 2.05) is 0 Å². The molecule has 0 fully saturated rings. The van der Waals surface area contributed by atoms with Gasteiger partial charge in [-0.2, -0.15) is 0 Å². The molecule has 0 unspecified atom stereocenters. The SMILES string of the molecule is COc1ccc(OCc2ccc(N)c(F)c2)c(Br)c1. The number of halogens is 2. The van der Waals surface area contributed by atoms with Crippen LogP contribution in [0.15, 0.2) is 40.9 Å². The normalized spacial score (nSPS) is 10.3. The molecule has 2 N–H and O–H groups in total. The van der Waals surface area contributed by atoms with E-state index in [0.717, 1.165) is 15.8 Å². The first-order valence-electron chi connectivity index (χ1n) is 5.60. The molecule has 0 radical (unpaired) electrons. The summed E-state index contributed by atoms with van der Waals surface area (Å²) < 4.78 is 24.8. The van der Waals surface area contributed by atoms with Crippen molar-refractivity contribution in [2.75, 3.05) is 12.8 Å². The quantitative estimate of drug-likeness (QED) is 0.870. The highest BCUT2D eigenvalue weighted by Crippen LogP contribution is 2.29. The second-order valence-corrected chi connectivity index (χ2v) is 4.80. The van der Waals surface area contributed by atoms with Gasteiger partial charge in [0.25, 0.3) is 0 Å². The molecule has 2 rings (SSSR count). The Labute approximate surface area is 119 Å². The van der Waals surface area contributed by atoms with Gasteiger partial charge >= 0.3 is 0 Å². The number of anilines is 1. The van der Waals surface area contributed by atoms with Crippen LogP contribution in [0.3, 0.4) is 0 Å². The molecule has 0 saturated heterocycles. The predicted octanol–water partition coefficient (Wildman–Crippen LogP) is 3.76. The molecule has 100 valence electrons. The van der Waals surface area contributed by atoms with E-state index in [4.69, 9.17) is 15.2 Å². The maximum atomic E-state index is 13.3. The van der Waals surface area contributed by atoms with E-state index < -0.39 is 5.82 Å². The van der Waals surface area contributed by atoms with Gasteiger partial charge in [0.1, 0.15) is 23.9 Å². The molecule has 2 aromatic rings. The molecule has 5 heteroatoms. The molecular weight excluding hydrogens is 313 g/mol. The fraction of sp³-hybridized carbons (Fsp3) is 0.143. The molecule has 3 nitrogen and oxygen atoms in total. The summed E-state index contributed by atoms with van der Waals surface area (Å²) in [6.45, 7) is 0.266. The molecule has 0 bridgehead atoms. The van der Waals surface area contributed by atoms with E-state index >= 15 is 0 Å². The van der Waals surface area contributed by atoms with Crippen molar-refractivity contribution < 1.29 is 13.9 Å². The van der Waals surface area contributed by atoms with E-state index in [9.17, 15) is 4.39 Å². The lowest BCUT2D eigenvalue weighted by Gasteiger charge is -2.10. The van der Waals surface area contributed by atoms with Crippen molar-refractivity contribution in [3.05, 3.63) is 52.3 Å². The number of benzene rings is 2. The van der Waals surface area contributed by atoms with Crippen LogP contribution < -0.4 is 15.2 Å². The Bertz CT molecular complexity index is 590. The molecular formula is C14H13BrFNO2. The number of hydrogen-bond donors (Lipinski definition) is 1. The summed E-state index contributed by atoms with van der Waals surface area (Å²) in [5.41, 5.74) is 6.27. The Hall–Kier alpha value is -1.75. The molecule has 0 aromatic heterocycles. The fourth-order valence-corrected chi connectivity index (χ4v) is 2.02. The summed E-state index contributed by atoms with van der Waals surface area (Å²) in [6.07, 6.45) is 0. The van der Waals surface area contributed by atoms with Gasteiger partial charge in [0.15, 0.2) is 0 Å². The summed E-state index contributed by atoms with van der Waals surface area (Å²) in [5.74, 6) is 0.964. The highest BCUT2D eigenvalue weighted by Gasteiger charge is 2.05. The number of ether oxygens (including phenoxy) is 2. The average molecular weight is 326 g/mol. The molecule has 0 aliphatic heterocycles. The minimum Gasteiger partial charge on any atom is -0.497 e. The van der Waals surface area contributed by atoms with Crippen LogP contribution in [-0.2, 0) is 6.61 Å². The van der Waals surface area contributed by atoms with E-state index in [0.29, 0.717) is 5.75 Å². The fourth-order valence-electron chi connectivity index (χ4n) is 1.55. The molecule has 0 amide bonds. The zero-order valence-corrected chi connectivity index (χ0v) is 11.9. The average Bonchev–Trinajstić information content (AvgIpc) is 2.41. The van der Waals surface area contributed by atoms with Gasteiger partial charge in [-0.1, -0.05) is 6.07 Å². The van der Waals surface area contributed by atoms with Gasteiger partial charge in [-0.25, -0.2) is 4.39 Å². The zero-order chi connectivity index (χ0) is 13.8. The molecule has 0 aliphatic carbocycles. The molecule has 0 saturated carbocycles. The number of nitrogen functional groups attached to an aromatic ring is 1. The van der Waals surface area contributed by atoms with Gasteiger partial charge < -0.3 is 15.2 Å². The van der Waals surface area contributed by atoms with Crippen molar-refractivity contribution in [2.45, 2.75) is 6.61 Å². The lowest BCUT2D eigenvalue weighted by atomic mass is 10.2. The molecule has 0 aliphatic rings. The molecule has 0 heterocycles. The number of methoxy groups -OCH3 is 1. The van der Waals surface area contributed by atoms with Crippen molar-refractivity contribution >= 4 is 21.6 Å². The van der Waals surface area contributed by atoms with Gasteiger partial charge in [-0.05, 0) is 51.8 Å². The highest BCUT2D eigenvalue weighted by atomic mass is 79.9. The van der Waals surface area contributed by atoms with E-state index in [1.54, 1.807) is 31.4 Å². The van der Waals surface area contributed by atoms with Crippen LogP contribution in [0, 0.1) is 5.82 Å². The van der Waals surface area contributed by atoms with Crippen LogP contribution in [0.4, 0.5) is 10.1 Å². The van der Waals surface area contributed by atoms with E-state index in [-0.39, 0.29) is 12.3 Å². The Morgan fingerprint density at radius 2 is 2.00 bits per heavy atom. The predicted molar refractivity (Wildman–Crippen MR) is 75.8 cm³/mol. The van der Waals surface area contributed by atoms with Crippen molar-refractivity contribution in [3.8, 4) is 11.5 Å². The van der Waals surface area contributed by atoms with Crippen molar-refractivity contribution in [1.82, 2.24) is 0 Å². The van der Waals surface area contributed by atoms with Crippen LogP contribution in [0.25, 0.3) is 0 Å². The van der Waals surface area contributed by atoms with Crippen LogP contribution in [0.2, 0.25) is 0 Å². The first-order valence-corrected chi connectivity index (χ1v) is 6.39. The smallest absolute Gasteiger partial charge is 0.146 e. The summed E-state index contributed by atoms with van der Waals surface area (Å²) in [6, 6.07) is 10.0. The first-order chi connectivity index (χ1) is 9.10. The van der Waals surface area contributed by atoms with Crippen molar-refractivity contribution in [2.24, 2.45) is 0 Å². The third-order valence-corrected chi connectivity index (χ3v) is 3.22. The molecule has 0 atom stereocenters. The van der Waals surface area contributed by atoms with Crippen molar-refractivity contribution in [3.63, 3.8) is 0 Å². The Kier molecular flexibility index (Phi) is 4.27. The zero-order valence-electron chi connectivity index (χ0n) is 10.3. The number of hydrogen-bond acceptors (Lipinski definition) is 3. The summed E-state index contributed by atoms with van der Waals surface area (Å²) in [7, 11) is 1.60. The van der Waals surface area contributed by atoms with Crippen molar-refractivity contribution in [1.29, 1.82) is 0 Å². The van der Waals surface area contributed by atoms with Gasteiger partial charge in [-0.15, -0.1) is 0 Å².